The molecule has 2 heterocycles. The SMILES string of the molecule is O=C(O)[C@H]1CN(C(=O)[C@@H]2Cc3cc(F)ccc3O2)CCO1. The first-order chi connectivity index (χ1) is 10.0. The highest BCUT2D eigenvalue weighted by molar-refractivity contribution is 5.83. The Kier molecular flexibility index (Phi) is 3.50. The average Bonchev–Trinajstić information content (AvgIpc) is 2.89. The van der Waals surface area contributed by atoms with E-state index in [-0.39, 0.29) is 24.9 Å². The lowest BCUT2D eigenvalue weighted by atomic mass is 10.1. The molecule has 1 saturated heterocycles. The predicted molar refractivity (Wildman–Crippen MR) is 68.5 cm³/mol. The summed E-state index contributed by atoms with van der Waals surface area (Å²) in [5.41, 5.74) is 0.649. The first-order valence-corrected chi connectivity index (χ1v) is 6.63. The third kappa shape index (κ3) is 2.69. The molecule has 0 radical (unpaired) electrons. The number of rotatable bonds is 2. The lowest BCUT2D eigenvalue weighted by molar-refractivity contribution is -0.161. The molecular formula is C14H14FNO5. The highest BCUT2D eigenvalue weighted by Gasteiger charge is 2.36. The van der Waals surface area contributed by atoms with Gasteiger partial charge in [0.2, 0.25) is 0 Å². The molecule has 0 unspecified atom stereocenters. The van der Waals surface area contributed by atoms with Crippen LogP contribution in [0.5, 0.6) is 5.75 Å². The highest BCUT2D eigenvalue weighted by Crippen LogP contribution is 2.30. The minimum atomic E-state index is -1.09. The molecule has 2 atom stereocenters. The van der Waals surface area contributed by atoms with E-state index in [1.54, 1.807) is 0 Å². The van der Waals surface area contributed by atoms with E-state index in [1.165, 1.54) is 23.1 Å². The molecule has 1 aromatic carbocycles. The Balaban J connectivity index is 1.68. The van der Waals surface area contributed by atoms with Crippen LogP contribution in [0.3, 0.4) is 0 Å². The van der Waals surface area contributed by atoms with Crippen LogP contribution < -0.4 is 4.74 Å². The topological polar surface area (TPSA) is 76.1 Å². The number of benzene rings is 1. The number of amides is 1. The van der Waals surface area contributed by atoms with Crippen LogP contribution in [-0.2, 0) is 20.7 Å². The molecule has 21 heavy (non-hydrogen) atoms. The molecule has 2 aliphatic rings. The number of aliphatic carboxylic acids is 1. The van der Waals surface area contributed by atoms with Gasteiger partial charge in [0.1, 0.15) is 11.6 Å². The summed E-state index contributed by atoms with van der Waals surface area (Å²) in [6.07, 6.45) is -1.45. The van der Waals surface area contributed by atoms with Gasteiger partial charge in [-0.25, -0.2) is 9.18 Å². The van der Waals surface area contributed by atoms with Crippen LogP contribution in [0.4, 0.5) is 4.39 Å². The summed E-state index contributed by atoms with van der Waals surface area (Å²) in [6, 6.07) is 4.13. The van der Waals surface area contributed by atoms with E-state index in [4.69, 9.17) is 14.6 Å². The van der Waals surface area contributed by atoms with Crippen molar-refractivity contribution in [2.45, 2.75) is 18.6 Å². The van der Waals surface area contributed by atoms with Crippen LogP contribution in [0.1, 0.15) is 5.56 Å². The maximum Gasteiger partial charge on any atom is 0.334 e. The van der Waals surface area contributed by atoms with E-state index in [0.29, 0.717) is 24.3 Å². The molecule has 1 fully saturated rings. The van der Waals surface area contributed by atoms with Gasteiger partial charge < -0.3 is 19.5 Å². The first-order valence-electron chi connectivity index (χ1n) is 6.63. The Morgan fingerprint density at radius 1 is 1.33 bits per heavy atom. The fourth-order valence-electron chi connectivity index (χ4n) is 2.56. The number of morpholine rings is 1. The quantitative estimate of drug-likeness (QED) is 0.857. The van der Waals surface area contributed by atoms with Crippen LogP contribution in [-0.4, -0.2) is 53.8 Å². The van der Waals surface area contributed by atoms with Crippen molar-refractivity contribution in [3.63, 3.8) is 0 Å². The number of hydrogen-bond acceptors (Lipinski definition) is 4. The molecule has 1 amide bonds. The summed E-state index contributed by atoms with van der Waals surface area (Å²) < 4.78 is 23.8. The number of fused-ring (bicyclic) bond motifs is 1. The van der Waals surface area contributed by atoms with Gasteiger partial charge in [-0.1, -0.05) is 0 Å². The number of hydrogen-bond donors (Lipinski definition) is 1. The second-order valence-electron chi connectivity index (χ2n) is 5.04. The zero-order chi connectivity index (χ0) is 15.0. The van der Waals surface area contributed by atoms with Gasteiger partial charge in [0.25, 0.3) is 5.91 Å². The molecule has 112 valence electrons. The Hall–Kier alpha value is -2.15. The molecule has 1 aromatic rings. The van der Waals surface area contributed by atoms with E-state index in [1.807, 2.05) is 0 Å². The fourth-order valence-corrected chi connectivity index (χ4v) is 2.56. The molecule has 0 aromatic heterocycles. The molecule has 7 heteroatoms. The minimum Gasteiger partial charge on any atom is -0.480 e. The normalized spacial score (nSPS) is 24.3. The van der Waals surface area contributed by atoms with E-state index >= 15 is 0 Å². The zero-order valence-electron chi connectivity index (χ0n) is 11.1. The lowest BCUT2D eigenvalue weighted by Crippen LogP contribution is -2.52. The maximum absolute atomic E-state index is 13.2. The molecule has 2 aliphatic heterocycles. The van der Waals surface area contributed by atoms with Gasteiger partial charge in [-0.3, -0.25) is 4.79 Å². The van der Waals surface area contributed by atoms with Gasteiger partial charge >= 0.3 is 5.97 Å². The van der Waals surface area contributed by atoms with Crippen molar-refractivity contribution >= 4 is 11.9 Å². The second kappa shape index (κ2) is 5.33. The number of carbonyl (C=O) groups excluding carboxylic acids is 1. The summed E-state index contributed by atoms with van der Waals surface area (Å²) >= 11 is 0. The van der Waals surface area contributed by atoms with Crippen molar-refractivity contribution in [3.8, 4) is 5.75 Å². The molecule has 0 bridgehead atoms. The van der Waals surface area contributed by atoms with E-state index in [9.17, 15) is 14.0 Å². The molecular weight excluding hydrogens is 281 g/mol. The molecule has 6 nitrogen and oxygen atoms in total. The van der Waals surface area contributed by atoms with E-state index in [2.05, 4.69) is 0 Å². The zero-order valence-corrected chi connectivity index (χ0v) is 11.1. The minimum absolute atomic E-state index is 0.00126. The lowest BCUT2D eigenvalue weighted by Gasteiger charge is -2.32. The standard InChI is InChI=1S/C14H14FNO5/c15-9-1-2-10-8(5-9)6-11(21-10)13(17)16-3-4-20-12(7-16)14(18)19/h1-2,5,11-12H,3-4,6-7H2,(H,18,19)/t11-,12+/m0/s1. The average molecular weight is 295 g/mol. The largest absolute Gasteiger partial charge is 0.480 e. The second-order valence-corrected chi connectivity index (χ2v) is 5.04. The van der Waals surface area contributed by atoms with Crippen molar-refractivity contribution in [2.75, 3.05) is 19.7 Å². The van der Waals surface area contributed by atoms with Crippen molar-refractivity contribution < 1.29 is 28.6 Å². The summed E-state index contributed by atoms with van der Waals surface area (Å²) in [5, 5.41) is 8.94. The third-order valence-electron chi connectivity index (χ3n) is 3.63. The number of nitrogens with zero attached hydrogens (tertiary/aromatic N) is 1. The number of carboxylic acid groups (broad SMARTS) is 1. The predicted octanol–water partition coefficient (Wildman–Crippen LogP) is 0.441. The Morgan fingerprint density at radius 3 is 2.90 bits per heavy atom. The van der Waals surface area contributed by atoms with Crippen molar-refractivity contribution in [2.24, 2.45) is 0 Å². The molecule has 0 saturated carbocycles. The summed E-state index contributed by atoms with van der Waals surface area (Å²) in [6.45, 7) is 0.503. The van der Waals surface area contributed by atoms with Gasteiger partial charge in [0.05, 0.1) is 13.2 Å². The Bertz CT molecular complexity index is 591. The number of ether oxygens (including phenoxy) is 2. The monoisotopic (exact) mass is 295 g/mol. The smallest absolute Gasteiger partial charge is 0.334 e. The van der Waals surface area contributed by atoms with Crippen LogP contribution in [0.25, 0.3) is 0 Å². The van der Waals surface area contributed by atoms with Crippen LogP contribution in [0.2, 0.25) is 0 Å². The van der Waals surface area contributed by atoms with Crippen LogP contribution in [0, 0.1) is 5.82 Å². The van der Waals surface area contributed by atoms with Crippen molar-refractivity contribution in [1.29, 1.82) is 0 Å². The Labute approximate surface area is 120 Å². The third-order valence-corrected chi connectivity index (χ3v) is 3.63. The Morgan fingerprint density at radius 2 is 2.14 bits per heavy atom. The van der Waals surface area contributed by atoms with E-state index < -0.39 is 18.2 Å². The van der Waals surface area contributed by atoms with Gasteiger partial charge in [-0.15, -0.1) is 0 Å². The van der Waals surface area contributed by atoms with Crippen molar-refractivity contribution in [1.82, 2.24) is 4.90 Å². The first kappa shape index (κ1) is 13.8. The van der Waals surface area contributed by atoms with Gasteiger partial charge in [0, 0.05) is 18.5 Å². The number of carbonyl (C=O) groups is 2. The highest BCUT2D eigenvalue weighted by atomic mass is 19.1. The maximum atomic E-state index is 13.2. The van der Waals surface area contributed by atoms with Crippen LogP contribution in [0.15, 0.2) is 18.2 Å². The van der Waals surface area contributed by atoms with E-state index in [0.717, 1.165) is 0 Å². The van der Waals surface area contributed by atoms with Crippen molar-refractivity contribution in [3.05, 3.63) is 29.6 Å². The molecule has 3 rings (SSSR count). The molecule has 0 aliphatic carbocycles. The summed E-state index contributed by atoms with van der Waals surface area (Å²) in [4.78, 5) is 24.7. The van der Waals surface area contributed by atoms with Crippen LogP contribution >= 0.6 is 0 Å². The number of halogens is 1. The molecule has 0 spiro atoms. The van der Waals surface area contributed by atoms with Gasteiger partial charge in [0.15, 0.2) is 12.2 Å². The number of carboxylic acids is 1. The summed E-state index contributed by atoms with van der Waals surface area (Å²) in [5.74, 6) is -1.26. The van der Waals surface area contributed by atoms with Gasteiger partial charge in [-0.2, -0.15) is 0 Å². The van der Waals surface area contributed by atoms with Gasteiger partial charge in [-0.05, 0) is 18.2 Å². The summed E-state index contributed by atoms with van der Waals surface area (Å²) in [7, 11) is 0. The fraction of sp³-hybridized carbons (Fsp3) is 0.429. The molecule has 1 N–H and O–H groups in total.